The normalized spacial score (nSPS) is 12.8. The molecule has 23 heavy (non-hydrogen) atoms. The summed E-state index contributed by atoms with van der Waals surface area (Å²) in [5.41, 5.74) is 12.0. The van der Waals surface area contributed by atoms with Gasteiger partial charge in [0, 0.05) is 5.02 Å². The summed E-state index contributed by atoms with van der Waals surface area (Å²) in [6.45, 7) is 2.06. The monoisotopic (exact) mass is 354 g/mol. The molecular weight excluding hydrogens is 335 g/mol. The van der Waals surface area contributed by atoms with Gasteiger partial charge in [-0.05, 0) is 48.7 Å². The van der Waals surface area contributed by atoms with Crippen molar-refractivity contribution in [2.75, 3.05) is 0 Å². The van der Waals surface area contributed by atoms with Gasteiger partial charge in [-0.1, -0.05) is 35.9 Å². The number of carbonyl (C=O) groups excluding carboxylic acids is 1. The average molecular weight is 355 g/mol. The number of halogens is 2. The van der Waals surface area contributed by atoms with Crippen molar-refractivity contribution in [3.63, 3.8) is 0 Å². The van der Waals surface area contributed by atoms with Crippen LogP contribution in [-0.4, -0.2) is 11.4 Å². The van der Waals surface area contributed by atoms with Crippen molar-refractivity contribution in [3.8, 4) is 5.75 Å². The molecule has 2 aromatic rings. The third-order valence-electron chi connectivity index (χ3n) is 3.35. The van der Waals surface area contributed by atoms with Crippen LogP contribution in [0.25, 0.3) is 0 Å². The second-order valence-electron chi connectivity index (χ2n) is 5.52. The van der Waals surface area contributed by atoms with Crippen LogP contribution in [-0.2, 0) is 17.8 Å². The molecule has 1 amide bonds. The predicted molar refractivity (Wildman–Crippen MR) is 95.0 cm³/mol. The molecular formula is C17H20Cl2N2O2. The number of carbonyl (C=O) groups is 1. The average Bonchev–Trinajstić information content (AvgIpc) is 2.46. The van der Waals surface area contributed by atoms with E-state index >= 15 is 0 Å². The molecule has 0 saturated heterocycles. The maximum atomic E-state index is 11.2. The van der Waals surface area contributed by atoms with E-state index in [-0.39, 0.29) is 12.4 Å². The van der Waals surface area contributed by atoms with Crippen LogP contribution in [0.3, 0.4) is 0 Å². The van der Waals surface area contributed by atoms with Crippen molar-refractivity contribution in [2.45, 2.75) is 25.5 Å². The van der Waals surface area contributed by atoms with Crippen molar-refractivity contribution in [3.05, 3.63) is 64.7 Å². The van der Waals surface area contributed by atoms with E-state index in [0.29, 0.717) is 18.1 Å². The summed E-state index contributed by atoms with van der Waals surface area (Å²) in [7, 11) is 0. The molecule has 0 saturated carbocycles. The Morgan fingerprint density at radius 3 is 2.39 bits per heavy atom. The predicted octanol–water partition coefficient (Wildman–Crippen LogP) is 3.09. The lowest BCUT2D eigenvalue weighted by Gasteiger charge is -2.20. The van der Waals surface area contributed by atoms with Gasteiger partial charge < -0.3 is 16.2 Å². The van der Waals surface area contributed by atoms with Gasteiger partial charge in [-0.25, -0.2) is 0 Å². The van der Waals surface area contributed by atoms with Crippen molar-refractivity contribution in [1.29, 1.82) is 0 Å². The number of hydrogen-bond acceptors (Lipinski definition) is 3. The molecule has 0 aliphatic heterocycles. The quantitative estimate of drug-likeness (QED) is 0.836. The molecule has 0 aliphatic carbocycles. The van der Waals surface area contributed by atoms with E-state index in [9.17, 15) is 4.79 Å². The van der Waals surface area contributed by atoms with Gasteiger partial charge in [0.1, 0.15) is 12.4 Å². The van der Waals surface area contributed by atoms with E-state index in [2.05, 4.69) is 0 Å². The molecule has 0 aromatic heterocycles. The summed E-state index contributed by atoms with van der Waals surface area (Å²) in [6.07, 6.45) is 0.386. The molecule has 1 atom stereocenters. The van der Waals surface area contributed by atoms with E-state index in [1.165, 1.54) is 0 Å². The molecule has 0 spiro atoms. The van der Waals surface area contributed by atoms with Crippen molar-refractivity contribution in [1.82, 2.24) is 0 Å². The lowest BCUT2D eigenvalue weighted by molar-refractivity contribution is -0.122. The Kier molecular flexibility index (Phi) is 6.88. The van der Waals surface area contributed by atoms with Gasteiger partial charge in [0.15, 0.2) is 0 Å². The number of nitrogens with two attached hydrogens (primary N) is 2. The highest BCUT2D eigenvalue weighted by molar-refractivity contribution is 6.30. The number of hydrogen-bond donors (Lipinski definition) is 2. The number of amides is 1. The van der Waals surface area contributed by atoms with Gasteiger partial charge in [-0.2, -0.15) is 0 Å². The first-order chi connectivity index (χ1) is 10.4. The third-order valence-corrected chi connectivity index (χ3v) is 3.59. The van der Waals surface area contributed by atoms with E-state index in [1.54, 1.807) is 6.92 Å². The number of primary amides is 1. The first-order valence-corrected chi connectivity index (χ1v) is 7.29. The SMILES string of the molecule is C[C@@](N)(Cc1ccc(OCc2cccc(Cl)c2)cc1)C(N)=O.Cl. The molecule has 124 valence electrons. The van der Waals surface area contributed by atoms with Crippen molar-refractivity contribution in [2.24, 2.45) is 11.5 Å². The molecule has 2 rings (SSSR count). The Labute approximate surface area is 147 Å². The first-order valence-electron chi connectivity index (χ1n) is 6.92. The fourth-order valence-corrected chi connectivity index (χ4v) is 2.22. The lowest BCUT2D eigenvalue weighted by atomic mass is 9.93. The van der Waals surface area contributed by atoms with Crippen LogP contribution in [0.4, 0.5) is 0 Å². The summed E-state index contributed by atoms with van der Waals surface area (Å²) >= 11 is 5.93. The molecule has 0 radical (unpaired) electrons. The Morgan fingerprint density at radius 2 is 1.83 bits per heavy atom. The van der Waals surface area contributed by atoms with Gasteiger partial charge in [0.2, 0.25) is 5.91 Å². The number of rotatable bonds is 6. The molecule has 0 fully saturated rings. The minimum Gasteiger partial charge on any atom is -0.489 e. The fourth-order valence-electron chi connectivity index (χ4n) is 2.01. The van der Waals surface area contributed by atoms with Crippen LogP contribution in [0.2, 0.25) is 5.02 Å². The second-order valence-corrected chi connectivity index (χ2v) is 5.96. The fraction of sp³-hybridized carbons (Fsp3) is 0.235. The Bertz CT molecular complexity index is 658. The minimum absolute atomic E-state index is 0. The zero-order valence-electron chi connectivity index (χ0n) is 12.8. The maximum absolute atomic E-state index is 11.2. The van der Waals surface area contributed by atoms with E-state index in [1.807, 2.05) is 48.5 Å². The van der Waals surface area contributed by atoms with Crippen LogP contribution in [0.15, 0.2) is 48.5 Å². The highest BCUT2D eigenvalue weighted by Gasteiger charge is 2.25. The first kappa shape index (κ1) is 19.3. The third kappa shape index (κ3) is 5.75. The van der Waals surface area contributed by atoms with Crippen molar-refractivity contribution < 1.29 is 9.53 Å². The smallest absolute Gasteiger partial charge is 0.237 e. The van der Waals surface area contributed by atoms with Crippen LogP contribution in [0, 0.1) is 0 Å². The Hall–Kier alpha value is -1.75. The molecule has 0 unspecified atom stereocenters. The molecule has 0 aliphatic rings. The van der Waals surface area contributed by atoms with Gasteiger partial charge in [-0.3, -0.25) is 4.79 Å². The second kappa shape index (κ2) is 8.20. The zero-order valence-corrected chi connectivity index (χ0v) is 14.4. The number of ether oxygens (including phenoxy) is 1. The maximum Gasteiger partial charge on any atom is 0.237 e. The number of benzene rings is 2. The van der Waals surface area contributed by atoms with Gasteiger partial charge in [0.25, 0.3) is 0 Å². The topological polar surface area (TPSA) is 78.3 Å². The largest absolute Gasteiger partial charge is 0.489 e. The van der Waals surface area contributed by atoms with Crippen molar-refractivity contribution >= 4 is 29.9 Å². The summed E-state index contributed by atoms with van der Waals surface area (Å²) in [5, 5.41) is 0.685. The van der Waals surface area contributed by atoms with Crippen LogP contribution >= 0.6 is 24.0 Å². The molecule has 6 heteroatoms. The summed E-state index contributed by atoms with van der Waals surface area (Å²) in [4.78, 5) is 11.2. The summed E-state index contributed by atoms with van der Waals surface area (Å²) in [6, 6.07) is 15.0. The Morgan fingerprint density at radius 1 is 1.17 bits per heavy atom. The molecule has 0 bridgehead atoms. The standard InChI is InChI=1S/C17H19ClN2O2.ClH/c1-17(20,16(19)21)10-12-5-7-15(8-6-12)22-11-13-3-2-4-14(18)9-13;/h2-9H,10-11,20H2,1H3,(H2,19,21);1H/t17-;/m1./s1. The van der Waals surface area contributed by atoms with Crippen LogP contribution in [0.1, 0.15) is 18.1 Å². The van der Waals surface area contributed by atoms with Gasteiger partial charge in [-0.15, -0.1) is 12.4 Å². The van der Waals surface area contributed by atoms with Crippen LogP contribution < -0.4 is 16.2 Å². The van der Waals surface area contributed by atoms with E-state index in [0.717, 1.165) is 16.9 Å². The van der Waals surface area contributed by atoms with Crippen LogP contribution in [0.5, 0.6) is 5.75 Å². The Balaban J connectivity index is 0.00000264. The lowest BCUT2D eigenvalue weighted by Crippen LogP contribution is -2.51. The van der Waals surface area contributed by atoms with Gasteiger partial charge in [0.05, 0.1) is 5.54 Å². The van der Waals surface area contributed by atoms with Gasteiger partial charge >= 0.3 is 0 Å². The molecule has 0 heterocycles. The summed E-state index contributed by atoms with van der Waals surface area (Å²) in [5.74, 6) is 0.218. The molecule has 2 aromatic carbocycles. The summed E-state index contributed by atoms with van der Waals surface area (Å²) < 4.78 is 5.70. The van der Waals surface area contributed by atoms with E-state index in [4.69, 9.17) is 27.8 Å². The van der Waals surface area contributed by atoms with E-state index < -0.39 is 11.4 Å². The zero-order chi connectivity index (χ0) is 16.2. The molecule has 4 N–H and O–H groups in total. The highest BCUT2D eigenvalue weighted by Crippen LogP contribution is 2.18. The molecule has 4 nitrogen and oxygen atoms in total. The highest BCUT2D eigenvalue weighted by atomic mass is 35.5. The minimum atomic E-state index is -1.05.